The maximum Gasteiger partial charge on any atom is 0.255 e. The molecule has 0 aliphatic heterocycles. The molecule has 182 valence electrons. The molecule has 0 radical (unpaired) electrons. The molecule has 0 saturated carbocycles. The van der Waals surface area contributed by atoms with Crippen LogP contribution in [0.1, 0.15) is 69.1 Å². The Morgan fingerprint density at radius 2 is 1.94 bits per heavy atom. The summed E-state index contributed by atoms with van der Waals surface area (Å²) in [7, 11) is 1.80. The molecule has 0 aliphatic rings. The van der Waals surface area contributed by atoms with E-state index in [1.54, 1.807) is 13.2 Å². The summed E-state index contributed by atoms with van der Waals surface area (Å²) >= 11 is 0. The first-order valence-corrected chi connectivity index (χ1v) is 11.4. The molecule has 0 aliphatic carbocycles. The van der Waals surface area contributed by atoms with Gasteiger partial charge in [-0.05, 0) is 65.7 Å². The molecule has 9 heteroatoms. The molecule has 0 atom stereocenters. The van der Waals surface area contributed by atoms with Crippen molar-refractivity contribution in [3.8, 4) is 5.75 Å². The van der Waals surface area contributed by atoms with Gasteiger partial charge in [0.05, 0.1) is 24.1 Å². The van der Waals surface area contributed by atoms with Crippen molar-refractivity contribution in [3.63, 3.8) is 0 Å². The van der Waals surface area contributed by atoms with Crippen LogP contribution < -0.4 is 21.1 Å². The zero-order valence-electron chi connectivity index (χ0n) is 20.8. The van der Waals surface area contributed by atoms with Gasteiger partial charge in [-0.3, -0.25) is 10.2 Å². The van der Waals surface area contributed by atoms with E-state index in [2.05, 4.69) is 25.6 Å². The molecule has 9 nitrogen and oxygen atoms in total. The molecule has 1 aromatic carbocycles. The Kier molecular flexibility index (Phi) is 7.26. The van der Waals surface area contributed by atoms with E-state index in [1.807, 2.05) is 52.8 Å². The lowest BCUT2D eigenvalue weighted by Crippen LogP contribution is -2.40. The lowest BCUT2D eigenvalue weighted by molar-refractivity contribution is 0.0921. The van der Waals surface area contributed by atoms with Gasteiger partial charge in [0.15, 0.2) is 5.65 Å². The number of carbonyl (C=O) groups excluding carboxylic acids is 1. The SMILES string of the molecule is CNc1ccc(OCCCC(C)(C)N)cc1C(=N)c1cnc2[nH]cc(C(=O)NC(C)(C)C)c2n1. The van der Waals surface area contributed by atoms with Crippen molar-refractivity contribution in [2.24, 2.45) is 5.73 Å². The third kappa shape index (κ3) is 6.32. The second-order valence-electron chi connectivity index (χ2n) is 10.1. The van der Waals surface area contributed by atoms with Crippen molar-refractivity contribution in [3.05, 3.63) is 47.4 Å². The normalized spacial score (nSPS) is 12.0. The second kappa shape index (κ2) is 9.80. The molecular weight excluding hydrogens is 430 g/mol. The predicted octanol–water partition coefficient (Wildman–Crippen LogP) is 3.84. The largest absolute Gasteiger partial charge is 0.494 e. The number of benzene rings is 1. The van der Waals surface area contributed by atoms with Crippen molar-refractivity contribution in [2.75, 3.05) is 19.0 Å². The van der Waals surface area contributed by atoms with Crippen molar-refractivity contribution in [2.45, 2.75) is 58.5 Å². The molecule has 2 heterocycles. The van der Waals surface area contributed by atoms with Gasteiger partial charge in [0, 0.05) is 35.6 Å². The highest BCUT2D eigenvalue weighted by atomic mass is 16.5. The minimum absolute atomic E-state index is 0.177. The van der Waals surface area contributed by atoms with Crippen LogP contribution in [0.2, 0.25) is 0 Å². The maximum atomic E-state index is 12.7. The molecule has 3 rings (SSSR count). The molecule has 6 N–H and O–H groups in total. The average Bonchev–Trinajstić information content (AvgIpc) is 3.17. The molecule has 3 aromatic rings. The van der Waals surface area contributed by atoms with Gasteiger partial charge in [0.1, 0.15) is 17.0 Å². The van der Waals surface area contributed by atoms with Crippen molar-refractivity contribution in [1.82, 2.24) is 20.3 Å². The van der Waals surface area contributed by atoms with Crippen molar-refractivity contribution >= 4 is 28.5 Å². The topological polar surface area (TPSA) is 142 Å². The Morgan fingerprint density at radius 3 is 2.59 bits per heavy atom. The summed E-state index contributed by atoms with van der Waals surface area (Å²) in [6.45, 7) is 10.3. The Bertz CT molecular complexity index is 1190. The van der Waals surface area contributed by atoms with Gasteiger partial charge < -0.3 is 26.1 Å². The molecule has 0 fully saturated rings. The summed E-state index contributed by atoms with van der Waals surface area (Å²) < 4.78 is 5.91. The summed E-state index contributed by atoms with van der Waals surface area (Å²) in [5.41, 5.74) is 8.65. The van der Waals surface area contributed by atoms with E-state index in [-0.39, 0.29) is 22.7 Å². The highest BCUT2D eigenvalue weighted by Crippen LogP contribution is 2.25. The summed E-state index contributed by atoms with van der Waals surface area (Å²) in [6, 6.07) is 5.56. The first-order valence-electron chi connectivity index (χ1n) is 11.4. The van der Waals surface area contributed by atoms with E-state index in [4.69, 9.17) is 15.9 Å². The Hall–Kier alpha value is -3.46. The summed E-state index contributed by atoms with van der Waals surface area (Å²) in [5, 5.41) is 14.9. The van der Waals surface area contributed by atoms with Crippen LogP contribution in [0.4, 0.5) is 5.69 Å². The quantitative estimate of drug-likeness (QED) is 0.240. The number of nitrogens with two attached hydrogens (primary N) is 1. The monoisotopic (exact) mass is 465 g/mol. The molecule has 0 unspecified atom stereocenters. The van der Waals surface area contributed by atoms with Crippen LogP contribution in [-0.4, -0.2) is 51.3 Å². The number of fused-ring (bicyclic) bond motifs is 1. The van der Waals surface area contributed by atoms with Gasteiger partial charge in [-0.15, -0.1) is 0 Å². The highest BCUT2D eigenvalue weighted by Gasteiger charge is 2.21. The third-order valence-corrected chi connectivity index (χ3v) is 5.13. The Morgan fingerprint density at radius 1 is 1.21 bits per heavy atom. The fourth-order valence-electron chi connectivity index (χ4n) is 3.49. The predicted molar refractivity (Wildman–Crippen MR) is 136 cm³/mol. The first kappa shape index (κ1) is 25.2. The molecule has 0 bridgehead atoms. The third-order valence-electron chi connectivity index (χ3n) is 5.13. The molecule has 1 amide bonds. The van der Waals surface area contributed by atoms with Gasteiger partial charge in [0.25, 0.3) is 5.91 Å². The Labute approximate surface area is 200 Å². The summed E-state index contributed by atoms with van der Waals surface area (Å²) in [5.74, 6) is 0.415. The van der Waals surface area contributed by atoms with Crippen molar-refractivity contribution in [1.29, 1.82) is 5.41 Å². The van der Waals surface area contributed by atoms with Crippen LogP contribution >= 0.6 is 0 Å². The lowest BCUT2D eigenvalue weighted by atomic mass is 10.0. The summed E-state index contributed by atoms with van der Waals surface area (Å²) in [4.78, 5) is 24.7. The van der Waals surface area contributed by atoms with Crippen LogP contribution in [0.15, 0.2) is 30.6 Å². The number of hydrogen-bond donors (Lipinski definition) is 5. The van der Waals surface area contributed by atoms with Crippen molar-refractivity contribution < 1.29 is 9.53 Å². The standard InChI is InChI=1S/C25H35N7O2/c1-24(2,3)32-23(33)17-13-29-22-21(17)31-19(14-30-22)20(26)16-12-15(8-9-18(16)28-6)34-11-7-10-25(4,5)27/h8-9,12-14,26,28H,7,10-11,27H2,1-6H3,(H,29,30)(H,32,33). The maximum absolute atomic E-state index is 12.7. The van der Waals surface area contributed by atoms with E-state index < -0.39 is 0 Å². The number of aromatic amines is 1. The second-order valence-corrected chi connectivity index (χ2v) is 10.1. The Balaban J connectivity index is 1.87. The first-order chi connectivity index (χ1) is 15.9. The van der Waals surface area contributed by atoms with Crippen LogP contribution in [0.5, 0.6) is 5.75 Å². The number of carbonyl (C=O) groups is 1. The number of hydrogen-bond acceptors (Lipinski definition) is 7. The number of aromatic nitrogens is 3. The van der Waals surface area contributed by atoms with E-state index in [9.17, 15) is 4.79 Å². The molecule has 0 spiro atoms. The molecule has 0 saturated heterocycles. The number of nitrogens with one attached hydrogen (secondary N) is 4. The van der Waals surface area contributed by atoms with Crippen LogP contribution in [0.3, 0.4) is 0 Å². The van der Waals surface area contributed by atoms with Crippen LogP contribution in [0.25, 0.3) is 11.2 Å². The van der Waals surface area contributed by atoms with E-state index >= 15 is 0 Å². The van der Waals surface area contributed by atoms with Gasteiger partial charge in [-0.2, -0.15) is 0 Å². The number of anilines is 1. The van der Waals surface area contributed by atoms with E-state index in [0.717, 1.165) is 18.5 Å². The zero-order valence-corrected chi connectivity index (χ0v) is 20.8. The number of ether oxygens (including phenoxy) is 1. The fourth-order valence-corrected chi connectivity index (χ4v) is 3.49. The molecule has 34 heavy (non-hydrogen) atoms. The number of amides is 1. The molecular formula is C25H35N7O2. The zero-order chi connectivity index (χ0) is 25.1. The highest BCUT2D eigenvalue weighted by molar-refractivity contribution is 6.14. The average molecular weight is 466 g/mol. The minimum Gasteiger partial charge on any atom is -0.494 e. The van der Waals surface area contributed by atoms with Gasteiger partial charge in [-0.25, -0.2) is 9.97 Å². The lowest BCUT2D eigenvalue weighted by Gasteiger charge is -2.20. The van der Waals surface area contributed by atoms with Gasteiger partial charge in [0.2, 0.25) is 0 Å². The van der Waals surface area contributed by atoms with Crippen LogP contribution in [0, 0.1) is 5.41 Å². The number of rotatable bonds is 9. The van der Waals surface area contributed by atoms with Gasteiger partial charge >= 0.3 is 0 Å². The smallest absolute Gasteiger partial charge is 0.255 e. The summed E-state index contributed by atoms with van der Waals surface area (Å²) in [6.07, 6.45) is 4.80. The van der Waals surface area contributed by atoms with Crippen LogP contribution in [-0.2, 0) is 0 Å². The fraction of sp³-hybridized carbons (Fsp3) is 0.440. The minimum atomic E-state index is -0.388. The van der Waals surface area contributed by atoms with E-state index in [0.29, 0.717) is 40.3 Å². The van der Waals surface area contributed by atoms with Gasteiger partial charge in [-0.1, -0.05) is 0 Å². The molecule has 2 aromatic heterocycles. The number of nitrogens with zero attached hydrogens (tertiary/aromatic N) is 2. The number of H-pyrrole nitrogens is 1. The van der Waals surface area contributed by atoms with E-state index in [1.165, 1.54) is 6.20 Å².